The van der Waals surface area contributed by atoms with Gasteiger partial charge in [-0.25, -0.2) is 0 Å². The molecular weight excluding hydrogens is 626 g/mol. The summed E-state index contributed by atoms with van der Waals surface area (Å²) in [4.78, 5) is 39.6. The Hall–Kier alpha value is -1.45. The number of hydrogen-bond acceptors (Lipinski definition) is 12. The van der Waals surface area contributed by atoms with E-state index in [1.807, 2.05) is 35.0 Å². The SMILES string of the molecule is CCC(C)(BCC(BCC(C)(SC(C)=S)C(=O)OCCOC(=S)NC)C(=O)OCCOCCOC)C(=O)OCC[N+](C)(C)C. The lowest BCUT2D eigenvalue weighted by Gasteiger charge is -2.30. The number of ether oxygens (including phenoxy) is 6. The number of thiocarbonyl (C=S) groups is 2. The fourth-order valence-corrected chi connectivity index (χ4v) is 5.53. The van der Waals surface area contributed by atoms with Gasteiger partial charge in [0.2, 0.25) is 0 Å². The molecule has 0 spiro atoms. The van der Waals surface area contributed by atoms with Gasteiger partial charge < -0.3 is 38.2 Å². The van der Waals surface area contributed by atoms with Crippen LogP contribution in [0.25, 0.3) is 0 Å². The molecule has 1 N–H and O–H groups in total. The van der Waals surface area contributed by atoms with E-state index in [1.165, 1.54) is 11.8 Å². The molecule has 0 aliphatic rings. The Morgan fingerprint density at radius 3 is 2.07 bits per heavy atom. The number of nitrogens with zero attached hydrogens (tertiary/aromatic N) is 1. The van der Waals surface area contributed by atoms with Crippen molar-refractivity contribution in [3.63, 3.8) is 0 Å². The van der Waals surface area contributed by atoms with Gasteiger partial charge in [0, 0.05) is 29.5 Å². The van der Waals surface area contributed by atoms with E-state index >= 15 is 0 Å². The first-order valence-corrected chi connectivity index (χ1v) is 16.6. The minimum absolute atomic E-state index is 0.00683. The van der Waals surface area contributed by atoms with Crippen molar-refractivity contribution >= 4 is 78.0 Å². The largest absolute Gasteiger partial charge is 0.467 e. The number of carbonyl (C=O) groups excluding carboxylic acids is 3. The Morgan fingerprint density at radius 1 is 0.909 bits per heavy atom. The summed E-state index contributed by atoms with van der Waals surface area (Å²) in [6.07, 6.45) is 1.22. The minimum Gasteiger partial charge on any atom is -0.467 e. The highest BCUT2D eigenvalue weighted by Crippen LogP contribution is 2.37. The molecule has 0 heterocycles. The summed E-state index contributed by atoms with van der Waals surface area (Å²) in [6, 6.07) is 0. The Labute approximate surface area is 280 Å². The highest BCUT2D eigenvalue weighted by Gasteiger charge is 2.40. The predicted octanol–water partition coefficient (Wildman–Crippen LogP) is 2.43. The monoisotopic (exact) mass is 679 g/mol. The molecule has 0 aromatic heterocycles. The molecule has 252 valence electrons. The number of carbonyl (C=O) groups is 3. The number of methoxy groups -OCH3 is 1. The van der Waals surface area contributed by atoms with Gasteiger partial charge in [0.15, 0.2) is 0 Å². The average Bonchev–Trinajstić information content (AvgIpc) is 2.95. The summed E-state index contributed by atoms with van der Waals surface area (Å²) in [5.74, 6) is -1.74. The van der Waals surface area contributed by atoms with E-state index in [9.17, 15) is 14.4 Å². The van der Waals surface area contributed by atoms with Crippen LogP contribution in [0.2, 0.25) is 23.8 Å². The molecule has 0 amide bonds. The third-order valence-corrected chi connectivity index (χ3v) is 8.76. The third-order valence-electron chi connectivity index (χ3n) is 7.07. The lowest BCUT2D eigenvalue weighted by Crippen LogP contribution is -2.39. The first kappa shape index (κ1) is 42.5. The van der Waals surface area contributed by atoms with Crippen molar-refractivity contribution in [3.8, 4) is 0 Å². The molecule has 3 unspecified atom stereocenters. The first-order chi connectivity index (χ1) is 20.5. The quantitative estimate of drug-likeness (QED) is 0.0426. The van der Waals surface area contributed by atoms with E-state index in [-0.39, 0.29) is 37.6 Å². The van der Waals surface area contributed by atoms with Crippen LogP contribution in [-0.2, 0) is 42.8 Å². The lowest BCUT2D eigenvalue weighted by atomic mass is 9.43. The second-order valence-electron chi connectivity index (χ2n) is 12.0. The maximum atomic E-state index is 13.3. The van der Waals surface area contributed by atoms with Crippen LogP contribution in [0.5, 0.6) is 0 Å². The summed E-state index contributed by atoms with van der Waals surface area (Å²) in [6.45, 7) is 9.55. The number of quaternary nitrogens is 1. The van der Waals surface area contributed by atoms with Crippen LogP contribution < -0.4 is 5.32 Å². The van der Waals surface area contributed by atoms with Gasteiger partial charge in [-0.15, -0.1) is 11.8 Å². The molecule has 0 aliphatic carbocycles. The normalized spacial score (nSPS) is 14.7. The van der Waals surface area contributed by atoms with Crippen molar-refractivity contribution in [2.75, 3.05) is 88.1 Å². The van der Waals surface area contributed by atoms with Crippen LogP contribution in [-0.4, -0.2) is 139 Å². The Bertz CT molecular complexity index is 927. The Kier molecular flexibility index (Phi) is 21.4. The van der Waals surface area contributed by atoms with Crippen molar-refractivity contribution in [1.29, 1.82) is 0 Å². The third kappa shape index (κ3) is 18.5. The molecule has 0 saturated carbocycles. The predicted molar refractivity (Wildman–Crippen MR) is 187 cm³/mol. The molecule has 0 aromatic rings. The second-order valence-corrected chi connectivity index (χ2v) is 14.9. The van der Waals surface area contributed by atoms with Crippen LogP contribution in [0.15, 0.2) is 0 Å². The standard InChI is InChI=1S/C28H52B2N2O9S3/c1-10-27(3,24(34)39-12-11-32(6,7)8)30-19-22(23(33)38-16-15-37-14-13-36-9)29-20-28(4,44-21(2)42)25(35)40-17-18-41-26(43)31-5/h22,29-30H,10-20H2,1-9H3/p+1. The minimum atomic E-state index is -1.05. The van der Waals surface area contributed by atoms with Gasteiger partial charge in [-0.3, -0.25) is 14.4 Å². The van der Waals surface area contributed by atoms with E-state index in [0.29, 0.717) is 68.7 Å². The zero-order valence-electron chi connectivity index (χ0n) is 28.1. The number of rotatable bonds is 23. The van der Waals surface area contributed by atoms with E-state index in [0.717, 1.165) is 0 Å². The van der Waals surface area contributed by atoms with E-state index in [1.54, 1.807) is 28.0 Å². The fourth-order valence-electron chi connectivity index (χ4n) is 3.90. The molecule has 0 aromatic carbocycles. The molecule has 0 fully saturated rings. The molecule has 0 rings (SSSR count). The lowest BCUT2D eigenvalue weighted by molar-refractivity contribution is -0.870. The van der Waals surface area contributed by atoms with Gasteiger partial charge in [0.05, 0.1) is 41.0 Å². The van der Waals surface area contributed by atoms with Gasteiger partial charge in [0.1, 0.15) is 52.3 Å². The Morgan fingerprint density at radius 2 is 1.50 bits per heavy atom. The van der Waals surface area contributed by atoms with Crippen molar-refractivity contribution in [1.82, 2.24) is 5.32 Å². The molecule has 11 nitrogen and oxygen atoms in total. The van der Waals surface area contributed by atoms with Crippen LogP contribution >= 0.6 is 36.2 Å². The maximum Gasteiger partial charge on any atom is 0.321 e. The highest BCUT2D eigenvalue weighted by molar-refractivity contribution is 8.24. The zero-order chi connectivity index (χ0) is 33.8. The summed E-state index contributed by atoms with van der Waals surface area (Å²) < 4.78 is 32.5. The van der Waals surface area contributed by atoms with E-state index in [4.69, 9.17) is 52.9 Å². The van der Waals surface area contributed by atoms with Crippen molar-refractivity contribution in [2.24, 2.45) is 0 Å². The molecule has 0 aliphatic heterocycles. The van der Waals surface area contributed by atoms with Gasteiger partial charge in [-0.2, -0.15) is 0 Å². The molecule has 16 heteroatoms. The van der Waals surface area contributed by atoms with Gasteiger partial charge >= 0.3 is 17.9 Å². The smallest absolute Gasteiger partial charge is 0.321 e. The van der Waals surface area contributed by atoms with Crippen LogP contribution in [0.4, 0.5) is 0 Å². The topological polar surface area (TPSA) is 119 Å². The number of hydrogen-bond donors (Lipinski definition) is 1. The molecule has 0 bridgehead atoms. The molecule has 0 saturated heterocycles. The molecule has 44 heavy (non-hydrogen) atoms. The zero-order valence-corrected chi connectivity index (χ0v) is 30.6. The summed E-state index contributed by atoms with van der Waals surface area (Å²) >= 11 is 11.5. The van der Waals surface area contributed by atoms with Crippen LogP contribution in [0.3, 0.4) is 0 Å². The summed E-state index contributed by atoms with van der Waals surface area (Å²) in [5, 5.41) is 2.12. The van der Waals surface area contributed by atoms with Crippen molar-refractivity contribution in [2.45, 2.75) is 62.6 Å². The van der Waals surface area contributed by atoms with Crippen molar-refractivity contribution in [3.05, 3.63) is 0 Å². The second kappa shape index (κ2) is 22.1. The van der Waals surface area contributed by atoms with Crippen LogP contribution in [0.1, 0.15) is 34.1 Å². The number of esters is 3. The number of nitrogens with one attached hydrogen (secondary N) is 1. The first-order valence-electron chi connectivity index (χ1n) is 15.0. The van der Waals surface area contributed by atoms with Crippen LogP contribution in [0, 0.1) is 0 Å². The van der Waals surface area contributed by atoms with E-state index < -0.39 is 27.8 Å². The van der Waals surface area contributed by atoms with Gasteiger partial charge in [0.25, 0.3) is 5.17 Å². The average molecular weight is 680 g/mol. The van der Waals surface area contributed by atoms with Gasteiger partial charge in [-0.05, 0) is 32.5 Å². The highest BCUT2D eigenvalue weighted by atomic mass is 32.2. The molecule has 0 radical (unpaired) electrons. The summed E-state index contributed by atoms with van der Waals surface area (Å²) in [5.41, 5.74) is 0. The number of likely N-dealkylation sites (N-methyl/N-ethyl adjacent to an activating group) is 1. The van der Waals surface area contributed by atoms with Gasteiger partial charge in [-0.1, -0.05) is 38.7 Å². The molecular formula is C28H53B2N2O9S3+. The number of thioether (sulfide) groups is 1. The van der Waals surface area contributed by atoms with E-state index in [2.05, 4.69) is 5.32 Å². The Balaban J connectivity index is 5.63. The maximum absolute atomic E-state index is 13.3. The molecule has 3 atom stereocenters. The fraction of sp³-hybridized carbons (Fsp3) is 0.821. The van der Waals surface area contributed by atoms with Crippen molar-refractivity contribution < 1.29 is 47.3 Å². The summed E-state index contributed by atoms with van der Waals surface area (Å²) in [7, 11) is 10.1.